The number of alkyl halides is 2. The van der Waals surface area contributed by atoms with Crippen molar-refractivity contribution in [2.75, 3.05) is 6.61 Å². The lowest BCUT2D eigenvalue weighted by molar-refractivity contribution is -0.152. The Labute approximate surface area is 74.1 Å². The van der Waals surface area contributed by atoms with Gasteiger partial charge in [-0.05, 0) is 13.3 Å². The van der Waals surface area contributed by atoms with Gasteiger partial charge >= 0.3 is 5.97 Å². The van der Waals surface area contributed by atoms with E-state index in [2.05, 4.69) is 4.74 Å². The number of esters is 1. The Morgan fingerprint density at radius 3 is 2.69 bits per heavy atom. The highest BCUT2D eigenvalue weighted by Gasteiger charge is 2.65. The topological polar surface area (TPSA) is 43.4 Å². The molecule has 3 nitrogen and oxygen atoms in total. The molecule has 0 amide bonds. The molecule has 0 spiro atoms. The molecule has 0 aromatic carbocycles. The van der Waals surface area contributed by atoms with Gasteiger partial charge in [0.1, 0.15) is 11.7 Å². The number of rotatable bonds is 4. The van der Waals surface area contributed by atoms with Crippen LogP contribution in [0.3, 0.4) is 0 Å². The smallest absolute Gasteiger partial charge is 0.319 e. The van der Waals surface area contributed by atoms with Crippen molar-refractivity contribution >= 4 is 12.3 Å². The zero-order valence-corrected chi connectivity index (χ0v) is 7.13. The van der Waals surface area contributed by atoms with Crippen LogP contribution >= 0.6 is 0 Å². The number of carbonyl (C=O) groups excluding carboxylic acids is 2. The second kappa shape index (κ2) is 3.40. The van der Waals surface area contributed by atoms with Crippen molar-refractivity contribution in [1.82, 2.24) is 0 Å². The summed E-state index contributed by atoms with van der Waals surface area (Å²) < 4.78 is 28.8. The molecule has 0 saturated heterocycles. The molecule has 1 aliphatic rings. The molecular weight excluding hydrogens is 182 g/mol. The molecule has 0 aromatic rings. The van der Waals surface area contributed by atoms with Gasteiger partial charge in [-0.15, -0.1) is 0 Å². The lowest BCUT2D eigenvalue weighted by atomic mass is 10.1. The Bertz CT molecular complexity index is 229. The van der Waals surface area contributed by atoms with E-state index in [1.165, 1.54) is 0 Å². The highest BCUT2D eigenvalue weighted by molar-refractivity contribution is 5.97. The molecule has 0 aliphatic heterocycles. The summed E-state index contributed by atoms with van der Waals surface area (Å²) in [6.07, 6.45) is -2.44. The molecule has 2 atom stereocenters. The van der Waals surface area contributed by atoms with Gasteiger partial charge in [-0.2, -0.15) is 0 Å². The van der Waals surface area contributed by atoms with Crippen LogP contribution in [0, 0.1) is 11.3 Å². The summed E-state index contributed by atoms with van der Waals surface area (Å²) in [5, 5.41) is 0. The van der Waals surface area contributed by atoms with E-state index in [-0.39, 0.29) is 19.3 Å². The van der Waals surface area contributed by atoms with E-state index in [0.717, 1.165) is 0 Å². The summed E-state index contributed by atoms with van der Waals surface area (Å²) in [7, 11) is 0. The number of hydrogen-bond acceptors (Lipinski definition) is 3. The lowest BCUT2D eigenvalue weighted by Gasteiger charge is -2.07. The van der Waals surface area contributed by atoms with E-state index in [1.807, 2.05) is 0 Å². The van der Waals surface area contributed by atoms with Crippen molar-refractivity contribution in [3.05, 3.63) is 0 Å². The fraction of sp³-hybridized carbons (Fsp3) is 0.750. The minimum atomic E-state index is -2.63. The average molecular weight is 192 g/mol. The standard InChI is InChI=1S/C8H10F2O3/c1-2-13-7(12)8(4-11)3-5(8)6(9)10/h4-6H,2-3H2,1H3. The van der Waals surface area contributed by atoms with Gasteiger partial charge in [0.25, 0.3) is 0 Å². The van der Waals surface area contributed by atoms with E-state index < -0.39 is 23.7 Å². The maximum Gasteiger partial charge on any atom is 0.319 e. The normalized spacial score (nSPS) is 31.5. The minimum absolute atomic E-state index is 0.0903. The predicted octanol–water partition coefficient (Wildman–Crippen LogP) is 1.02. The first-order valence-electron chi connectivity index (χ1n) is 4.00. The molecule has 13 heavy (non-hydrogen) atoms. The fourth-order valence-electron chi connectivity index (χ4n) is 1.30. The van der Waals surface area contributed by atoms with E-state index in [1.54, 1.807) is 6.92 Å². The molecule has 1 aliphatic carbocycles. The third kappa shape index (κ3) is 1.55. The zero-order chi connectivity index (χ0) is 10.1. The third-order valence-electron chi connectivity index (χ3n) is 2.23. The van der Waals surface area contributed by atoms with Crippen LogP contribution < -0.4 is 0 Å². The molecule has 0 radical (unpaired) electrons. The molecule has 1 fully saturated rings. The number of halogens is 2. The largest absolute Gasteiger partial charge is 0.465 e. The quantitative estimate of drug-likeness (QED) is 0.379. The van der Waals surface area contributed by atoms with Crippen molar-refractivity contribution in [3.8, 4) is 0 Å². The maximum atomic E-state index is 12.1. The van der Waals surface area contributed by atoms with Gasteiger partial charge < -0.3 is 9.53 Å². The predicted molar refractivity (Wildman–Crippen MR) is 39.2 cm³/mol. The molecule has 1 rings (SSSR count). The summed E-state index contributed by atoms with van der Waals surface area (Å²) in [4.78, 5) is 21.6. The van der Waals surface area contributed by atoms with Gasteiger partial charge in [0.2, 0.25) is 6.43 Å². The Morgan fingerprint density at radius 1 is 1.77 bits per heavy atom. The molecule has 0 heterocycles. The minimum Gasteiger partial charge on any atom is -0.465 e. The number of carbonyl (C=O) groups is 2. The van der Waals surface area contributed by atoms with Crippen molar-refractivity contribution < 1.29 is 23.1 Å². The van der Waals surface area contributed by atoms with Gasteiger partial charge in [-0.3, -0.25) is 4.79 Å². The second-order valence-electron chi connectivity index (χ2n) is 3.02. The molecule has 2 unspecified atom stereocenters. The second-order valence-corrected chi connectivity index (χ2v) is 3.02. The first kappa shape index (κ1) is 10.1. The summed E-state index contributed by atoms with van der Waals surface area (Å²) in [6, 6.07) is 0. The third-order valence-corrected chi connectivity index (χ3v) is 2.23. The molecule has 0 bridgehead atoms. The number of hydrogen-bond donors (Lipinski definition) is 0. The van der Waals surface area contributed by atoms with Crippen LogP contribution in [0.15, 0.2) is 0 Å². The first-order chi connectivity index (χ1) is 6.08. The molecule has 0 N–H and O–H groups in total. The van der Waals surface area contributed by atoms with Gasteiger partial charge in [0.05, 0.1) is 6.61 Å². The Balaban J connectivity index is 2.65. The average Bonchev–Trinajstić information content (AvgIpc) is 2.80. The lowest BCUT2D eigenvalue weighted by Crippen LogP contribution is -2.24. The Hall–Kier alpha value is -1.00. The summed E-state index contributed by atoms with van der Waals surface area (Å²) >= 11 is 0. The highest BCUT2D eigenvalue weighted by Crippen LogP contribution is 2.54. The molecular formula is C8H10F2O3. The van der Waals surface area contributed by atoms with Crippen LogP contribution in [0.5, 0.6) is 0 Å². The summed E-state index contributed by atoms with van der Waals surface area (Å²) in [5.74, 6) is -1.97. The fourth-order valence-corrected chi connectivity index (χ4v) is 1.30. The molecule has 5 heteroatoms. The highest BCUT2D eigenvalue weighted by atomic mass is 19.3. The number of aldehydes is 1. The zero-order valence-electron chi connectivity index (χ0n) is 7.13. The van der Waals surface area contributed by atoms with Crippen LogP contribution in [0.1, 0.15) is 13.3 Å². The Kier molecular flexibility index (Phi) is 2.63. The van der Waals surface area contributed by atoms with Crippen molar-refractivity contribution in [3.63, 3.8) is 0 Å². The van der Waals surface area contributed by atoms with Gasteiger partial charge in [0, 0.05) is 5.92 Å². The van der Waals surface area contributed by atoms with E-state index in [0.29, 0.717) is 0 Å². The van der Waals surface area contributed by atoms with Crippen LogP contribution in [-0.2, 0) is 14.3 Å². The SMILES string of the molecule is CCOC(=O)C1(C=O)CC1C(F)F. The van der Waals surface area contributed by atoms with Crippen LogP contribution in [0.25, 0.3) is 0 Å². The van der Waals surface area contributed by atoms with Crippen molar-refractivity contribution in [1.29, 1.82) is 0 Å². The Morgan fingerprint density at radius 2 is 2.38 bits per heavy atom. The molecule has 1 saturated carbocycles. The molecule has 0 aromatic heterocycles. The van der Waals surface area contributed by atoms with Gasteiger partial charge in [-0.25, -0.2) is 8.78 Å². The van der Waals surface area contributed by atoms with Crippen LogP contribution in [0.4, 0.5) is 8.78 Å². The van der Waals surface area contributed by atoms with E-state index in [4.69, 9.17) is 0 Å². The van der Waals surface area contributed by atoms with Gasteiger partial charge in [0.15, 0.2) is 0 Å². The number of ether oxygens (including phenoxy) is 1. The summed E-state index contributed by atoms with van der Waals surface area (Å²) in [6.45, 7) is 1.67. The van der Waals surface area contributed by atoms with Crippen molar-refractivity contribution in [2.45, 2.75) is 19.8 Å². The van der Waals surface area contributed by atoms with Crippen LogP contribution in [-0.4, -0.2) is 25.3 Å². The molecule has 74 valence electrons. The van der Waals surface area contributed by atoms with Crippen LogP contribution in [0.2, 0.25) is 0 Å². The first-order valence-corrected chi connectivity index (χ1v) is 4.00. The van der Waals surface area contributed by atoms with Crippen molar-refractivity contribution in [2.24, 2.45) is 11.3 Å². The van der Waals surface area contributed by atoms with Gasteiger partial charge in [-0.1, -0.05) is 0 Å². The van der Waals surface area contributed by atoms with E-state index in [9.17, 15) is 18.4 Å². The summed E-state index contributed by atoms with van der Waals surface area (Å²) in [5.41, 5.74) is -1.55. The monoisotopic (exact) mass is 192 g/mol. The maximum absolute atomic E-state index is 12.1. The van der Waals surface area contributed by atoms with E-state index >= 15 is 0 Å².